The molecule has 0 saturated carbocycles. The van der Waals surface area contributed by atoms with Crippen LogP contribution in [0.2, 0.25) is 0 Å². The lowest BCUT2D eigenvalue weighted by molar-refractivity contribution is -0.125. The molecular weight excluding hydrogens is 1240 g/mol. The zero-order valence-electron chi connectivity index (χ0n) is 49.2. The Bertz CT molecular complexity index is 4100. The second-order valence-electron chi connectivity index (χ2n) is 22.2. The Hall–Kier alpha value is -10.8. The van der Waals surface area contributed by atoms with Crippen molar-refractivity contribution in [3.05, 3.63) is 195 Å². The van der Waals surface area contributed by atoms with Gasteiger partial charge >= 0.3 is 18.1 Å². The summed E-state index contributed by atoms with van der Waals surface area (Å²) in [5.74, 6) is -0.430. The second kappa shape index (κ2) is 24.6. The fraction of sp³-hybridized carbons (Fsp3) is 0.250. The van der Waals surface area contributed by atoms with Crippen LogP contribution in [0.25, 0.3) is 11.3 Å². The van der Waals surface area contributed by atoms with Gasteiger partial charge in [0.2, 0.25) is 0 Å². The van der Waals surface area contributed by atoms with Gasteiger partial charge in [0.25, 0.3) is 35.4 Å². The summed E-state index contributed by atoms with van der Waals surface area (Å²) in [7, 11) is 4.62. The Balaban J connectivity index is 0.000000133. The molecule has 7 aliphatic heterocycles. The number of anilines is 1. The number of urea groups is 3. The summed E-state index contributed by atoms with van der Waals surface area (Å²) in [6.45, 7) is 3.91. The molecule has 0 aliphatic carbocycles. The normalized spacial score (nSPS) is 21.1. The first kappa shape index (κ1) is 60.5. The number of nitrogens with zero attached hydrogens (tertiary/aromatic N) is 7. The molecule has 12 amide bonds. The number of fused-ring (bicyclic) bond motifs is 3. The van der Waals surface area contributed by atoms with E-state index in [0.717, 1.165) is 45.5 Å². The average Bonchev–Trinajstić information content (AvgIpc) is 1.66. The lowest BCUT2D eigenvalue weighted by Crippen LogP contribution is -2.53. The third kappa shape index (κ3) is 11.5. The molecule has 3 aromatic heterocycles. The monoisotopic (exact) mass is 1300 g/mol. The van der Waals surface area contributed by atoms with Crippen molar-refractivity contribution in [2.75, 3.05) is 72.2 Å². The minimum atomic E-state index is -1.45. The van der Waals surface area contributed by atoms with Crippen molar-refractivity contribution in [2.45, 2.75) is 36.3 Å². The van der Waals surface area contributed by atoms with Crippen molar-refractivity contribution in [1.82, 2.24) is 61.6 Å². The molecule has 4 fully saturated rings. The lowest BCUT2D eigenvalue weighted by Gasteiger charge is -2.32. The van der Waals surface area contributed by atoms with E-state index in [-0.39, 0.29) is 37.4 Å². The fourth-order valence-corrected chi connectivity index (χ4v) is 12.3. The minimum Gasteiger partial charge on any atom is -0.497 e. The third-order valence-electron chi connectivity index (χ3n) is 16.8. The van der Waals surface area contributed by atoms with Crippen molar-refractivity contribution in [1.29, 1.82) is 0 Å². The van der Waals surface area contributed by atoms with Crippen LogP contribution in [-0.2, 0) is 55.4 Å². The maximum atomic E-state index is 13.1. The van der Waals surface area contributed by atoms with Crippen molar-refractivity contribution >= 4 is 75.2 Å². The van der Waals surface area contributed by atoms with Crippen molar-refractivity contribution in [2.24, 2.45) is 0 Å². The summed E-state index contributed by atoms with van der Waals surface area (Å²) in [5, 5.41) is 15.0. The number of carbonyl (C=O) groups is 9. The molecule has 7 aliphatic rings. The molecule has 0 radical (unpaired) electrons. The highest BCUT2D eigenvalue weighted by Gasteiger charge is 2.54. The number of hydrogen-bond donors (Lipinski definition) is 6. The molecule has 6 N–H and O–H groups in total. The molecule has 2 unspecified atom stereocenters. The molecule has 26 nitrogen and oxygen atoms in total. The van der Waals surface area contributed by atoms with Gasteiger partial charge in [0.05, 0.1) is 65.6 Å². The predicted molar refractivity (Wildman–Crippen MR) is 327 cm³/mol. The number of imide groups is 3. The van der Waals surface area contributed by atoms with Crippen LogP contribution in [0.3, 0.4) is 0 Å². The van der Waals surface area contributed by atoms with Gasteiger partial charge < -0.3 is 54.5 Å². The van der Waals surface area contributed by atoms with Gasteiger partial charge in [-0.1, -0.05) is 36.4 Å². The van der Waals surface area contributed by atoms with Crippen LogP contribution in [0.4, 0.5) is 20.1 Å². The van der Waals surface area contributed by atoms with Crippen LogP contribution in [0.5, 0.6) is 17.2 Å². The Kier molecular flexibility index (Phi) is 16.4. The number of hydrogen-bond acceptors (Lipinski definition) is 17. The Labute approximate surface area is 528 Å². The topological polar surface area (TPSA) is 314 Å². The summed E-state index contributed by atoms with van der Waals surface area (Å²) >= 11 is 3.30. The molecule has 4 aromatic carbocycles. The van der Waals surface area contributed by atoms with Crippen molar-refractivity contribution < 1.29 is 62.1 Å². The van der Waals surface area contributed by atoms with Crippen LogP contribution in [0.1, 0.15) is 64.6 Å². The minimum absolute atomic E-state index is 0.0251. The molecule has 7 aromatic rings. The SMILES string of the molecule is COc1ccc2c(c1)C(=O)N(CC1(c3ccc(-c4cccnc4)nc3)NC(=O)NC1=O)C2.COc1ccc2c(c1)C(=O)N(CC1(c3ccc(Br)cn3)NC(=O)NC1=O)C2.COc1ccc2c(c1)C(=O)N(C[C@@]1(c3ccc(N4CCOCC4)cc3)NC(=O)NC1=O)C2. The van der Waals surface area contributed by atoms with Gasteiger partial charge in [-0.05, 0) is 117 Å². The highest BCUT2D eigenvalue weighted by molar-refractivity contribution is 9.10. The first-order chi connectivity index (χ1) is 43.9. The fourth-order valence-electron chi connectivity index (χ4n) is 12.0. The Morgan fingerprint density at radius 3 is 1.37 bits per heavy atom. The number of amides is 12. The largest absolute Gasteiger partial charge is 0.497 e. The van der Waals surface area contributed by atoms with Gasteiger partial charge in [-0.3, -0.25) is 59.7 Å². The number of nitrogens with one attached hydrogen (secondary N) is 6. The molecule has 3 atom stereocenters. The Morgan fingerprint density at radius 1 is 0.505 bits per heavy atom. The molecule has 0 spiro atoms. The molecule has 14 rings (SSSR count). The first-order valence-electron chi connectivity index (χ1n) is 28.6. The molecule has 0 bridgehead atoms. The lowest BCUT2D eigenvalue weighted by atomic mass is 9.89. The maximum absolute atomic E-state index is 13.1. The number of benzene rings is 4. The van der Waals surface area contributed by atoms with Crippen LogP contribution >= 0.6 is 15.9 Å². The van der Waals surface area contributed by atoms with E-state index >= 15 is 0 Å². The number of rotatable bonds is 14. The van der Waals surface area contributed by atoms with Gasteiger partial charge in [0.15, 0.2) is 16.6 Å². The van der Waals surface area contributed by atoms with Crippen LogP contribution in [-0.4, -0.2) is 150 Å². The van der Waals surface area contributed by atoms with Crippen LogP contribution in [0.15, 0.2) is 145 Å². The van der Waals surface area contributed by atoms with Gasteiger partial charge in [-0.2, -0.15) is 0 Å². The molecule has 27 heteroatoms. The highest BCUT2D eigenvalue weighted by atomic mass is 79.9. The summed E-state index contributed by atoms with van der Waals surface area (Å²) in [5.41, 5.74) is 3.87. The standard InChI is InChI=1S/C23H19N5O4.C23H24N4O5.C18H15BrN4O4/c1-32-17-6-4-15-12-28(20(29)18(15)9-17)13-23(21(30)26-22(31)27-23)16-5-7-19(25-11-16)14-3-2-8-24-10-14;1-31-18-7-2-15-13-27(20(28)19(15)12-18)14-23(21(29)24-22(30)25-23)16-3-5-17(6-4-16)26-8-10-32-11-9-26;1-27-12-4-2-10-8-23(15(24)13(10)6-12)9-18(16(25)21-17(26)22-18)14-5-3-11(19)7-20-14/h2-11H,12-13H2,1H3,(H2,26,27,30,31);2-7,12H,8-11,13-14H2,1H3,(H2,24,25,29,30);2-7H,8-9H2,1H3,(H2,21,22,25,26)/t;23-;/m.0./s1. The maximum Gasteiger partial charge on any atom is 0.322 e. The zero-order valence-corrected chi connectivity index (χ0v) is 50.8. The number of methoxy groups -OCH3 is 3. The van der Waals surface area contributed by atoms with E-state index < -0.39 is 52.4 Å². The zero-order chi connectivity index (χ0) is 63.8. The molecule has 10 heterocycles. The van der Waals surface area contributed by atoms with E-state index in [9.17, 15) is 43.2 Å². The van der Waals surface area contributed by atoms with Crippen molar-refractivity contribution in [3.63, 3.8) is 0 Å². The molecule has 91 heavy (non-hydrogen) atoms. The van der Waals surface area contributed by atoms with E-state index in [1.807, 2.05) is 54.6 Å². The third-order valence-corrected chi connectivity index (χ3v) is 17.3. The van der Waals surface area contributed by atoms with Crippen molar-refractivity contribution in [3.8, 4) is 28.5 Å². The van der Waals surface area contributed by atoms with E-state index in [2.05, 4.69) is 67.7 Å². The average molecular weight is 1300 g/mol. The number of ether oxygens (including phenoxy) is 4. The number of halogens is 1. The van der Waals surface area contributed by atoms with Gasteiger partial charge in [-0.15, -0.1) is 0 Å². The van der Waals surface area contributed by atoms with Gasteiger partial charge in [0.1, 0.15) is 17.2 Å². The number of morpholine rings is 1. The summed E-state index contributed by atoms with van der Waals surface area (Å²) in [6.07, 6.45) is 6.45. The van der Waals surface area contributed by atoms with E-state index in [1.54, 1.807) is 102 Å². The van der Waals surface area contributed by atoms with Gasteiger partial charge in [0, 0.05) is 95.5 Å². The summed E-state index contributed by atoms with van der Waals surface area (Å²) in [6, 6.07) is 32.2. The van der Waals surface area contributed by atoms with Gasteiger partial charge in [-0.25, -0.2) is 14.4 Å². The molecule has 4 saturated heterocycles. The summed E-state index contributed by atoms with van der Waals surface area (Å²) in [4.78, 5) is 133. The predicted octanol–water partition coefficient (Wildman–Crippen LogP) is 4.61. The highest BCUT2D eigenvalue weighted by Crippen LogP contribution is 2.37. The van der Waals surface area contributed by atoms with E-state index in [4.69, 9.17) is 18.9 Å². The smallest absolute Gasteiger partial charge is 0.322 e. The Morgan fingerprint density at radius 2 is 0.967 bits per heavy atom. The number of carbonyl (C=O) groups excluding carboxylic acids is 9. The number of aromatic nitrogens is 3. The van der Waals surface area contributed by atoms with E-state index in [0.29, 0.717) is 89.3 Å². The quantitative estimate of drug-likeness (QED) is 0.0810. The van der Waals surface area contributed by atoms with E-state index in [1.165, 1.54) is 19.1 Å². The number of pyridine rings is 3. The first-order valence-corrected chi connectivity index (χ1v) is 29.4. The second-order valence-corrected chi connectivity index (χ2v) is 23.1. The van der Waals surface area contributed by atoms with Crippen LogP contribution < -0.4 is 51.0 Å². The molecule has 464 valence electrons. The van der Waals surface area contributed by atoms with Crippen LogP contribution in [0, 0.1) is 0 Å². The molecular formula is C64H58BrN13O13. The summed E-state index contributed by atoms with van der Waals surface area (Å²) < 4.78 is 21.8.